The van der Waals surface area contributed by atoms with Gasteiger partial charge < -0.3 is 4.57 Å². The van der Waals surface area contributed by atoms with Gasteiger partial charge in [-0.25, -0.2) is 9.97 Å². The second-order valence-electron chi connectivity index (χ2n) is 8.72. The highest BCUT2D eigenvalue weighted by molar-refractivity contribution is 5.82. The molecule has 7 rings (SSSR count). The summed E-state index contributed by atoms with van der Waals surface area (Å²) in [5.41, 5.74) is 5.71. The number of benzene rings is 2. The Balaban J connectivity index is 1.31. The number of likely N-dealkylation sites (tertiary alicyclic amines) is 1. The van der Waals surface area contributed by atoms with E-state index in [0.29, 0.717) is 12.0 Å². The van der Waals surface area contributed by atoms with Gasteiger partial charge in [0.25, 0.3) is 0 Å². The molecule has 2 atom stereocenters. The van der Waals surface area contributed by atoms with Crippen molar-refractivity contribution in [2.24, 2.45) is 0 Å². The van der Waals surface area contributed by atoms with Crippen LogP contribution in [0.3, 0.4) is 0 Å². The molecular formula is C23H23N5. The average Bonchev–Trinajstić information content (AvgIpc) is 3.35. The third-order valence-corrected chi connectivity index (χ3v) is 7.25. The second kappa shape index (κ2) is 5.45. The quantitative estimate of drug-likeness (QED) is 0.534. The van der Waals surface area contributed by atoms with Crippen LogP contribution in [0.25, 0.3) is 27.8 Å². The number of aromatic nitrogens is 4. The van der Waals surface area contributed by atoms with Crippen LogP contribution in [0.5, 0.6) is 0 Å². The molecule has 28 heavy (non-hydrogen) atoms. The van der Waals surface area contributed by atoms with Crippen LogP contribution >= 0.6 is 0 Å². The second-order valence-corrected chi connectivity index (χ2v) is 8.72. The minimum absolute atomic E-state index is 0.601. The summed E-state index contributed by atoms with van der Waals surface area (Å²) in [6, 6.07) is 16.5. The summed E-state index contributed by atoms with van der Waals surface area (Å²) in [4.78, 5) is 12.5. The normalized spacial score (nSPS) is 24.7. The Hall–Kier alpha value is -2.66. The Labute approximate surface area is 163 Å². The van der Waals surface area contributed by atoms with Crippen LogP contribution in [0.2, 0.25) is 0 Å². The van der Waals surface area contributed by atoms with E-state index in [1.54, 1.807) is 0 Å². The van der Waals surface area contributed by atoms with Crippen molar-refractivity contribution < 1.29 is 0 Å². The highest BCUT2D eigenvalue weighted by Gasteiger charge is 2.44. The van der Waals surface area contributed by atoms with Gasteiger partial charge in [-0.05, 0) is 49.6 Å². The lowest BCUT2D eigenvalue weighted by atomic mass is 9.91. The first-order valence-corrected chi connectivity index (χ1v) is 10.5. The molecule has 0 radical (unpaired) electrons. The molecule has 2 aromatic heterocycles. The van der Waals surface area contributed by atoms with E-state index in [9.17, 15) is 0 Å². The van der Waals surface area contributed by atoms with E-state index >= 15 is 0 Å². The minimum Gasteiger partial charge on any atom is -0.326 e. The smallest absolute Gasteiger partial charge is 0.114 e. The molecule has 2 bridgehead atoms. The largest absolute Gasteiger partial charge is 0.326 e. The summed E-state index contributed by atoms with van der Waals surface area (Å²) in [5, 5.41) is 0. The molecule has 0 N–H and O–H groups in total. The number of hydrogen-bond donors (Lipinski definition) is 0. The van der Waals surface area contributed by atoms with Crippen molar-refractivity contribution >= 4 is 22.1 Å². The molecule has 3 aliphatic rings. The van der Waals surface area contributed by atoms with Crippen molar-refractivity contribution in [2.45, 2.75) is 50.2 Å². The molecule has 2 unspecified atom stereocenters. The predicted octanol–water partition coefficient (Wildman–Crippen LogP) is 4.10. The lowest BCUT2D eigenvalue weighted by Crippen LogP contribution is -2.44. The van der Waals surface area contributed by atoms with Gasteiger partial charge in [0.1, 0.15) is 12.2 Å². The van der Waals surface area contributed by atoms with Crippen LogP contribution in [0, 0.1) is 0 Å². The SMILES string of the molecule is c1ccc2c(c1)ncn2-c1ccc2c(c1)nc1n2CC2CC1CN2C1CCC1. The lowest BCUT2D eigenvalue weighted by molar-refractivity contribution is 0.108. The highest BCUT2D eigenvalue weighted by atomic mass is 15.3. The van der Waals surface area contributed by atoms with Crippen molar-refractivity contribution in [3.63, 3.8) is 0 Å². The van der Waals surface area contributed by atoms with Gasteiger partial charge in [-0.3, -0.25) is 9.47 Å². The Morgan fingerprint density at radius 3 is 2.71 bits per heavy atom. The minimum atomic E-state index is 0.601. The molecule has 2 fully saturated rings. The van der Waals surface area contributed by atoms with Crippen LogP contribution in [-0.4, -0.2) is 42.6 Å². The van der Waals surface area contributed by atoms with Crippen molar-refractivity contribution in [3.05, 3.63) is 54.6 Å². The van der Waals surface area contributed by atoms with Crippen molar-refractivity contribution in [1.29, 1.82) is 0 Å². The van der Waals surface area contributed by atoms with Gasteiger partial charge in [0.2, 0.25) is 0 Å². The average molecular weight is 369 g/mol. The Morgan fingerprint density at radius 2 is 1.82 bits per heavy atom. The van der Waals surface area contributed by atoms with Gasteiger partial charge in [0.15, 0.2) is 0 Å². The Morgan fingerprint density at radius 1 is 0.893 bits per heavy atom. The van der Waals surface area contributed by atoms with Crippen LogP contribution < -0.4 is 0 Å². The number of nitrogens with zero attached hydrogens (tertiary/aromatic N) is 5. The molecule has 0 amide bonds. The van der Waals surface area contributed by atoms with Crippen molar-refractivity contribution in [2.75, 3.05) is 6.54 Å². The third kappa shape index (κ3) is 2.00. The summed E-state index contributed by atoms with van der Waals surface area (Å²) >= 11 is 0. The standard InChI is InChI=1S/C23H23N5/c1-2-7-21-19(6-1)24-14-28(21)17-8-9-22-20(11-17)25-23-15-10-18(13-27(22)23)26(12-15)16-4-3-5-16/h1-2,6-9,11,14-16,18H,3-5,10,12-13H2. The molecule has 140 valence electrons. The van der Waals surface area contributed by atoms with Gasteiger partial charge in [0, 0.05) is 36.8 Å². The molecule has 2 aromatic carbocycles. The molecule has 5 nitrogen and oxygen atoms in total. The molecule has 4 heterocycles. The molecule has 0 spiro atoms. The number of hydrogen-bond acceptors (Lipinski definition) is 3. The Bertz CT molecular complexity index is 1210. The Kier molecular flexibility index (Phi) is 2.97. The monoisotopic (exact) mass is 369 g/mol. The fourth-order valence-electron chi connectivity index (χ4n) is 5.64. The van der Waals surface area contributed by atoms with Gasteiger partial charge in [-0.1, -0.05) is 18.6 Å². The first-order valence-electron chi connectivity index (χ1n) is 10.5. The van der Waals surface area contributed by atoms with Crippen LogP contribution in [-0.2, 0) is 6.54 Å². The summed E-state index contributed by atoms with van der Waals surface area (Å²) in [5.74, 6) is 1.91. The zero-order chi connectivity index (χ0) is 18.2. The molecule has 2 aliphatic heterocycles. The zero-order valence-electron chi connectivity index (χ0n) is 15.8. The first-order chi connectivity index (χ1) is 13.8. The van der Waals surface area contributed by atoms with Gasteiger partial charge >= 0.3 is 0 Å². The molecule has 1 aliphatic carbocycles. The molecular weight excluding hydrogens is 346 g/mol. The fraction of sp³-hybridized carbons (Fsp3) is 0.391. The van der Waals surface area contributed by atoms with E-state index in [2.05, 4.69) is 55.4 Å². The summed E-state index contributed by atoms with van der Waals surface area (Å²) in [6.45, 7) is 2.31. The van der Waals surface area contributed by atoms with E-state index in [4.69, 9.17) is 4.98 Å². The van der Waals surface area contributed by atoms with Gasteiger partial charge in [-0.15, -0.1) is 0 Å². The lowest BCUT2D eigenvalue weighted by Gasteiger charge is -2.38. The molecule has 1 saturated heterocycles. The molecule has 1 saturated carbocycles. The summed E-state index contributed by atoms with van der Waals surface area (Å²) in [7, 11) is 0. The molecule has 5 heteroatoms. The third-order valence-electron chi connectivity index (χ3n) is 7.25. The number of para-hydroxylation sites is 2. The number of imidazole rings is 2. The van der Waals surface area contributed by atoms with E-state index in [1.807, 2.05) is 12.4 Å². The van der Waals surface area contributed by atoms with Crippen molar-refractivity contribution in [1.82, 2.24) is 24.0 Å². The van der Waals surface area contributed by atoms with Gasteiger partial charge in [-0.2, -0.15) is 0 Å². The predicted molar refractivity (Wildman–Crippen MR) is 110 cm³/mol. The number of rotatable bonds is 2. The van der Waals surface area contributed by atoms with Crippen LogP contribution in [0.4, 0.5) is 0 Å². The van der Waals surface area contributed by atoms with Crippen LogP contribution in [0.15, 0.2) is 48.8 Å². The number of fused-ring (bicyclic) bond motifs is 7. The maximum Gasteiger partial charge on any atom is 0.114 e. The highest BCUT2D eigenvalue weighted by Crippen LogP contribution is 2.42. The summed E-state index contributed by atoms with van der Waals surface area (Å²) < 4.78 is 4.67. The maximum atomic E-state index is 5.12. The van der Waals surface area contributed by atoms with E-state index in [0.717, 1.165) is 34.8 Å². The first kappa shape index (κ1) is 15.3. The summed E-state index contributed by atoms with van der Waals surface area (Å²) in [6.07, 6.45) is 7.42. The van der Waals surface area contributed by atoms with Gasteiger partial charge in [0.05, 0.1) is 22.1 Å². The fourth-order valence-corrected chi connectivity index (χ4v) is 5.64. The van der Waals surface area contributed by atoms with Crippen LogP contribution in [0.1, 0.15) is 37.4 Å². The maximum absolute atomic E-state index is 5.12. The molecule has 4 aromatic rings. The zero-order valence-corrected chi connectivity index (χ0v) is 15.8. The van der Waals surface area contributed by atoms with Crippen molar-refractivity contribution in [3.8, 4) is 5.69 Å². The van der Waals surface area contributed by atoms with E-state index in [-0.39, 0.29) is 0 Å². The topological polar surface area (TPSA) is 38.9 Å². The van der Waals surface area contributed by atoms with E-state index in [1.165, 1.54) is 43.6 Å². The van der Waals surface area contributed by atoms with E-state index < -0.39 is 0 Å².